The Kier molecular flexibility index (Phi) is 7.03. The maximum atomic E-state index is 12.2. The Morgan fingerprint density at radius 2 is 1.85 bits per heavy atom. The molecule has 142 valence electrons. The summed E-state index contributed by atoms with van der Waals surface area (Å²) in [5.74, 6) is 1.11. The van der Waals surface area contributed by atoms with Crippen LogP contribution in [0.2, 0.25) is 0 Å². The van der Waals surface area contributed by atoms with Gasteiger partial charge < -0.3 is 25.2 Å². The molecule has 27 heavy (non-hydrogen) atoms. The Balaban J connectivity index is 2.00. The number of nitrogens with one attached hydrogen (secondary N) is 2. The highest BCUT2D eigenvalue weighted by atomic mass is 16.5. The van der Waals surface area contributed by atoms with E-state index in [2.05, 4.69) is 16.7 Å². The van der Waals surface area contributed by atoms with Crippen LogP contribution in [0.25, 0.3) is 0 Å². The largest absolute Gasteiger partial charge is 0.497 e. The number of hydrogen-bond donors (Lipinski definition) is 3. The highest BCUT2D eigenvalue weighted by molar-refractivity contribution is 5.90. The molecule has 2 rings (SSSR count). The number of amides is 2. The number of hydrogen-bond acceptors (Lipinski definition) is 5. The number of carbonyl (C=O) groups excluding carboxylic acids is 1. The molecule has 0 aliphatic carbocycles. The molecule has 0 aromatic heterocycles. The van der Waals surface area contributed by atoms with Gasteiger partial charge in [-0.1, -0.05) is 6.92 Å². The van der Waals surface area contributed by atoms with E-state index in [1.807, 2.05) is 6.92 Å². The number of urea groups is 1. The van der Waals surface area contributed by atoms with Crippen LogP contribution >= 0.6 is 0 Å². The van der Waals surface area contributed by atoms with Gasteiger partial charge in [-0.15, -0.1) is 0 Å². The van der Waals surface area contributed by atoms with Crippen molar-refractivity contribution in [3.8, 4) is 17.6 Å². The monoisotopic (exact) mass is 369 g/mol. The normalized spacial score (nSPS) is 11.2. The third kappa shape index (κ3) is 5.36. The molecule has 0 radical (unpaired) electrons. The zero-order chi connectivity index (χ0) is 19.8. The SMILES string of the molecule is CCc1cc(C#N)ccc1NC(=O)NCC(O)c1cc(OC)cc(OC)c1. The van der Waals surface area contributed by atoms with Crippen LogP contribution < -0.4 is 20.1 Å². The van der Waals surface area contributed by atoms with Gasteiger partial charge in [-0.2, -0.15) is 5.26 Å². The van der Waals surface area contributed by atoms with Crippen molar-refractivity contribution >= 4 is 11.7 Å². The summed E-state index contributed by atoms with van der Waals surface area (Å²) in [6.07, 6.45) is -0.247. The molecule has 2 aromatic carbocycles. The van der Waals surface area contributed by atoms with E-state index in [-0.39, 0.29) is 6.54 Å². The first-order valence-corrected chi connectivity index (χ1v) is 8.49. The molecule has 7 heteroatoms. The fourth-order valence-electron chi connectivity index (χ4n) is 2.57. The number of nitriles is 1. The molecule has 1 atom stereocenters. The number of rotatable bonds is 7. The van der Waals surface area contributed by atoms with E-state index in [4.69, 9.17) is 14.7 Å². The lowest BCUT2D eigenvalue weighted by Gasteiger charge is -2.16. The molecular formula is C20H23N3O4. The lowest BCUT2D eigenvalue weighted by molar-refractivity contribution is 0.174. The van der Waals surface area contributed by atoms with Gasteiger partial charge in [0, 0.05) is 18.3 Å². The van der Waals surface area contributed by atoms with Crippen molar-refractivity contribution in [2.45, 2.75) is 19.4 Å². The molecule has 0 aliphatic rings. The highest BCUT2D eigenvalue weighted by Gasteiger charge is 2.13. The van der Waals surface area contributed by atoms with E-state index >= 15 is 0 Å². The first-order valence-electron chi connectivity index (χ1n) is 8.49. The topological polar surface area (TPSA) is 104 Å². The molecular weight excluding hydrogens is 346 g/mol. The average molecular weight is 369 g/mol. The van der Waals surface area contributed by atoms with Gasteiger partial charge in [-0.05, 0) is 47.9 Å². The zero-order valence-corrected chi connectivity index (χ0v) is 15.6. The maximum absolute atomic E-state index is 12.2. The van der Waals surface area contributed by atoms with Gasteiger partial charge in [0.25, 0.3) is 0 Å². The van der Waals surface area contributed by atoms with Crippen LogP contribution in [0.4, 0.5) is 10.5 Å². The standard InChI is InChI=1S/C20H23N3O4/c1-4-14-7-13(11-21)5-6-18(14)23-20(25)22-12-19(24)15-8-16(26-2)10-17(9-15)27-3/h5-10,19,24H,4,12H2,1-3H3,(H2,22,23,25). The summed E-state index contributed by atoms with van der Waals surface area (Å²) in [4.78, 5) is 12.2. The van der Waals surface area contributed by atoms with E-state index in [9.17, 15) is 9.90 Å². The molecule has 1 unspecified atom stereocenters. The summed E-state index contributed by atoms with van der Waals surface area (Å²) in [6, 6.07) is 11.8. The van der Waals surface area contributed by atoms with E-state index in [1.54, 1.807) is 36.4 Å². The van der Waals surface area contributed by atoms with Crippen LogP contribution in [-0.4, -0.2) is 31.9 Å². The molecule has 2 amide bonds. The number of methoxy groups -OCH3 is 2. The van der Waals surface area contributed by atoms with Gasteiger partial charge in [-0.25, -0.2) is 4.79 Å². The summed E-state index contributed by atoms with van der Waals surface area (Å²) in [7, 11) is 3.05. The number of carbonyl (C=O) groups is 1. The molecule has 0 spiro atoms. The number of ether oxygens (including phenoxy) is 2. The second-order valence-electron chi connectivity index (χ2n) is 5.83. The Morgan fingerprint density at radius 3 is 2.41 bits per heavy atom. The lowest BCUT2D eigenvalue weighted by atomic mass is 10.1. The summed E-state index contributed by atoms with van der Waals surface area (Å²) in [6.45, 7) is 1.96. The molecule has 0 aliphatic heterocycles. The second-order valence-corrected chi connectivity index (χ2v) is 5.83. The number of aliphatic hydroxyl groups excluding tert-OH is 1. The summed E-state index contributed by atoms with van der Waals surface area (Å²) in [5, 5.41) is 24.7. The first-order chi connectivity index (χ1) is 13.0. The van der Waals surface area contributed by atoms with Gasteiger partial charge in [0.1, 0.15) is 11.5 Å². The van der Waals surface area contributed by atoms with Gasteiger partial charge in [0.15, 0.2) is 0 Å². The minimum absolute atomic E-state index is 0.0138. The Bertz CT molecular complexity index is 823. The Labute approximate surface area is 158 Å². The third-order valence-corrected chi connectivity index (χ3v) is 4.08. The molecule has 0 saturated heterocycles. The Hall–Kier alpha value is -3.24. The van der Waals surface area contributed by atoms with E-state index in [0.29, 0.717) is 34.7 Å². The van der Waals surface area contributed by atoms with Crippen molar-refractivity contribution in [3.63, 3.8) is 0 Å². The van der Waals surface area contributed by atoms with Gasteiger partial charge in [0.2, 0.25) is 0 Å². The van der Waals surface area contributed by atoms with Crippen LogP contribution in [0.15, 0.2) is 36.4 Å². The zero-order valence-electron chi connectivity index (χ0n) is 15.6. The van der Waals surface area contributed by atoms with Crippen molar-refractivity contribution in [1.82, 2.24) is 5.32 Å². The molecule has 0 fully saturated rings. The third-order valence-electron chi connectivity index (χ3n) is 4.08. The van der Waals surface area contributed by atoms with E-state index in [0.717, 1.165) is 5.56 Å². The molecule has 0 bridgehead atoms. The van der Waals surface area contributed by atoms with Gasteiger partial charge in [0.05, 0.1) is 32.0 Å². The summed E-state index contributed by atoms with van der Waals surface area (Å²) in [5.41, 5.74) is 2.60. The molecule has 7 nitrogen and oxygen atoms in total. The van der Waals surface area contributed by atoms with Gasteiger partial charge >= 0.3 is 6.03 Å². The van der Waals surface area contributed by atoms with Crippen molar-refractivity contribution in [3.05, 3.63) is 53.1 Å². The fourth-order valence-corrected chi connectivity index (χ4v) is 2.57. The minimum Gasteiger partial charge on any atom is -0.497 e. The van der Waals surface area contributed by atoms with Crippen molar-refractivity contribution < 1.29 is 19.4 Å². The van der Waals surface area contributed by atoms with Crippen molar-refractivity contribution in [2.75, 3.05) is 26.1 Å². The minimum atomic E-state index is -0.925. The average Bonchev–Trinajstić information content (AvgIpc) is 2.71. The molecule has 0 saturated carbocycles. The van der Waals surface area contributed by atoms with E-state index in [1.165, 1.54) is 14.2 Å². The first kappa shape index (κ1) is 20.1. The quantitative estimate of drug-likeness (QED) is 0.696. The molecule has 2 aromatic rings. The van der Waals surface area contributed by atoms with Crippen LogP contribution in [0, 0.1) is 11.3 Å². The van der Waals surface area contributed by atoms with Crippen LogP contribution in [0.5, 0.6) is 11.5 Å². The molecule has 3 N–H and O–H groups in total. The predicted octanol–water partition coefficient (Wildman–Crippen LogP) is 2.99. The second kappa shape index (κ2) is 9.46. The van der Waals surface area contributed by atoms with E-state index < -0.39 is 12.1 Å². The highest BCUT2D eigenvalue weighted by Crippen LogP contribution is 2.26. The number of aliphatic hydroxyl groups is 1. The van der Waals surface area contributed by atoms with Crippen molar-refractivity contribution in [2.24, 2.45) is 0 Å². The smallest absolute Gasteiger partial charge is 0.319 e. The van der Waals surface area contributed by atoms with Crippen LogP contribution in [0.3, 0.4) is 0 Å². The van der Waals surface area contributed by atoms with Crippen molar-refractivity contribution in [1.29, 1.82) is 5.26 Å². The van der Waals surface area contributed by atoms with Crippen LogP contribution in [-0.2, 0) is 6.42 Å². The number of anilines is 1. The fraction of sp³-hybridized carbons (Fsp3) is 0.300. The summed E-state index contributed by atoms with van der Waals surface area (Å²) >= 11 is 0. The predicted molar refractivity (Wildman–Crippen MR) is 102 cm³/mol. The van der Waals surface area contributed by atoms with Gasteiger partial charge in [-0.3, -0.25) is 0 Å². The number of nitrogens with zero attached hydrogens (tertiary/aromatic N) is 1. The Morgan fingerprint density at radius 1 is 1.19 bits per heavy atom. The maximum Gasteiger partial charge on any atom is 0.319 e. The number of benzene rings is 2. The van der Waals surface area contributed by atoms with Crippen LogP contribution in [0.1, 0.15) is 29.7 Å². The summed E-state index contributed by atoms with van der Waals surface area (Å²) < 4.78 is 10.4. The lowest BCUT2D eigenvalue weighted by Crippen LogP contribution is -2.32. The molecule has 0 heterocycles. The number of aryl methyl sites for hydroxylation is 1.